The van der Waals surface area contributed by atoms with E-state index in [4.69, 9.17) is 0 Å². The summed E-state index contributed by atoms with van der Waals surface area (Å²) in [7, 11) is -0.319. The standard InChI is InChI=1S/C12H18N4O4S/c1-13-10-3-4-12(11(9-10)16(17)18)21(19,20)15-7-5-14(2)6-8-15/h3-4,9,13H,5-8H2,1-2H3. The van der Waals surface area contributed by atoms with Crippen LogP contribution in [0.2, 0.25) is 0 Å². The van der Waals surface area contributed by atoms with Crippen molar-refractivity contribution in [1.29, 1.82) is 0 Å². The van der Waals surface area contributed by atoms with Crippen LogP contribution in [0.1, 0.15) is 0 Å². The minimum Gasteiger partial charge on any atom is -0.388 e. The van der Waals surface area contributed by atoms with Gasteiger partial charge in [-0.15, -0.1) is 0 Å². The number of piperazine rings is 1. The van der Waals surface area contributed by atoms with Crippen molar-refractivity contribution in [2.75, 3.05) is 45.6 Å². The van der Waals surface area contributed by atoms with Crippen LogP contribution in [0, 0.1) is 10.1 Å². The van der Waals surface area contributed by atoms with Gasteiger partial charge in [0.05, 0.1) is 4.92 Å². The maximum Gasteiger partial charge on any atom is 0.291 e. The number of likely N-dealkylation sites (N-methyl/N-ethyl adjacent to an activating group) is 1. The number of hydrogen-bond donors (Lipinski definition) is 1. The number of hydrogen-bond acceptors (Lipinski definition) is 6. The molecule has 2 rings (SSSR count). The van der Waals surface area contributed by atoms with Crippen LogP contribution in [-0.2, 0) is 10.0 Å². The average Bonchev–Trinajstić information content (AvgIpc) is 2.47. The Bertz CT molecular complexity index is 639. The highest BCUT2D eigenvalue weighted by Crippen LogP contribution is 2.29. The van der Waals surface area contributed by atoms with Gasteiger partial charge < -0.3 is 10.2 Å². The van der Waals surface area contributed by atoms with Gasteiger partial charge in [0.1, 0.15) is 0 Å². The summed E-state index contributed by atoms with van der Waals surface area (Å²) in [6.45, 7) is 1.90. The number of benzene rings is 1. The zero-order valence-electron chi connectivity index (χ0n) is 11.9. The summed E-state index contributed by atoms with van der Waals surface area (Å²) in [5.74, 6) is 0. The fraction of sp³-hybridized carbons (Fsp3) is 0.500. The highest BCUT2D eigenvalue weighted by atomic mass is 32.2. The lowest BCUT2D eigenvalue weighted by Crippen LogP contribution is -2.47. The smallest absolute Gasteiger partial charge is 0.291 e. The summed E-state index contributed by atoms with van der Waals surface area (Å²) in [6, 6.07) is 4.05. The second-order valence-electron chi connectivity index (χ2n) is 4.90. The highest BCUT2D eigenvalue weighted by molar-refractivity contribution is 7.89. The van der Waals surface area contributed by atoms with E-state index in [1.54, 1.807) is 7.05 Å². The van der Waals surface area contributed by atoms with Crippen molar-refractivity contribution >= 4 is 21.4 Å². The van der Waals surface area contributed by atoms with Crippen molar-refractivity contribution in [1.82, 2.24) is 9.21 Å². The number of sulfonamides is 1. The molecule has 1 N–H and O–H groups in total. The molecule has 1 aromatic carbocycles. The monoisotopic (exact) mass is 314 g/mol. The lowest BCUT2D eigenvalue weighted by Gasteiger charge is -2.31. The first-order valence-electron chi connectivity index (χ1n) is 6.51. The minimum atomic E-state index is -3.85. The van der Waals surface area contributed by atoms with Crippen LogP contribution in [0.15, 0.2) is 23.1 Å². The molecule has 0 spiro atoms. The highest BCUT2D eigenvalue weighted by Gasteiger charge is 2.33. The molecule has 9 heteroatoms. The third kappa shape index (κ3) is 3.14. The maximum atomic E-state index is 12.6. The molecule has 0 amide bonds. The van der Waals surface area contributed by atoms with E-state index in [2.05, 4.69) is 5.32 Å². The largest absolute Gasteiger partial charge is 0.388 e. The normalized spacial score (nSPS) is 17.6. The summed E-state index contributed by atoms with van der Waals surface area (Å²) >= 11 is 0. The third-order valence-corrected chi connectivity index (χ3v) is 5.47. The Morgan fingerprint density at radius 2 is 1.86 bits per heavy atom. The molecule has 0 radical (unpaired) electrons. The molecule has 1 aliphatic rings. The van der Waals surface area contributed by atoms with E-state index in [1.807, 2.05) is 11.9 Å². The topological polar surface area (TPSA) is 95.8 Å². The third-order valence-electron chi connectivity index (χ3n) is 3.52. The summed E-state index contributed by atoms with van der Waals surface area (Å²) < 4.78 is 26.5. The first kappa shape index (κ1) is 15.7. The van der Waals surface area contributed by atoms with Crippen molar-refractivity contribution in [2.24, 2.45) is 0 Å². The Morgan fingerprint density at radius 3 is 2.38 bits per heavy atom. The van der Waals surface area contributed by atoms with Crippen LogP contribution < -0.4 is 5.32 Å². The van der Waals surface area contributed by atoms with Crippen LogP contribution in [0.25, 0.3) is 0 Å². The van der Waals surface area contributed by atoms with Crippen molar-refractivity contribution in [2.45, 2.75) is 4.90 Å². The Hall–Kier alpha value is -1.71. The van der Waals surface area contributed by atoms with Gasteiger partial charge in [-0.2, -0.15) is 4.31 Å². The maximum absolute atomic E-state index is 12.6. The summed E-state index contributed by atoms with van der Waals surface area (Å²) in [5, 5.41) is 13.9. The molecule has 0 aromatic heterocycles. The van der Waals surface area contributed by atoms with Crippen LogP contribution in [0.5, 0.6) is 0 Å². The molecule has 0 unspecified atom stereocenters. The molecule has 1 saturated heterocycles. The Labute approximate surface area is 123 Å². The number of nitrogens with zero attached hydrogens (tertiary/aromatic N) is 3. The summed E-state index contributed by atoms with van der Waals surface area (Å²) in [5.41, 5.74) is 0.0970. The van der Waals surface area contributed by atoms with Gasteiger partial charge in [0.2, 0.25) is 10.0 Å². The average molecular weight is 314 g/mol. The lowest BCUT2D eigenvalue weighted by molar-refractivity contribution is -0.387. The molecule has 1 aromatic rings. The van der Waals surface area contributed by atoms with Gasteiger partial charge in [-0.3, -0.25) is 10.1 Å². The Morgan fingerprint density at radius 1 is 1.24 bits per heavy atom. The van der Waals surface area contributed by atoms with Gasteiger partial charge in [0.15, 0.2) is 4.90 Å². The van der Waals surface area contributed by atoms with Gasteiger partial charge in [0, 0.05) is 45.0 Å². The second kappa shape index (κ2) is 5.96. The Balaban J connectivity index is 2.42. The van der Waals surface area contributed by atoms with E-state index < -0.39 is 20.6 Å². The predicted molar refractivity (Wildman–Crippen MR) is 78.9 cm³/mol. The van der Waals surface area contributed by atoms with Gasteiger partial charge in [-0.05, 0) is 19.2 Å². The number of rotatable bonds is 4. The van der Waals surface area contributed by atoms with Gasteiger partial charge in [0.25, 0.3) is 5.69 Å². The molecule has 1 heterocycles. The molecule has 21 heavy (non-hydrogen) atoms. The quantitative estimate of drug-likeness (QED) is 0.645. The van der Waals surface area contributed by atoms with Crippen molar-refractivity contribution in [3.05, 3.63) is 28.3 Å². The first-order valence-corrected chi connectivity index (χ1v) is 7.95. The molecule has 116 valence electrons. The lowest BCUT2D eigenvalue weighted by atomic mass is 10.3. The van der Waals surface area contributed by atoms with E-state index in [-0.39, 0.29) is 4.90 Å². The molecule has 0 bridgehead atoms. The molecule has 0 aliphatic carbocycles. The van der Waals surface area contributed by atoms with Crippen LogP contribution in [-0.4, -0.2) is 62.8 Å². The zero-order chi connectivity index (χ0) is 15.6. The minimum absolute atomic E-state index is 0.254. The molecular weight excluding hydrogens is 296 g/mol. The molecule has 1 aliphatic heterocycles. The molecule has 1 fully saturated rings. The van der Waals surface area contributed by atoms with E-state index in [0.717, 1.165) is 0 Å². The van der Waals surface area contributed by atoms with E-state index in [9.17, 15) is 18.5 Å². The van der Waals surface area contributed by atoms with Gasteiger partial charge in [-0.25, -0.2) is 8.42 Å². The SMILES string of the molecule is CNc1ccc(S(=O)(=O)N2CCN(C)CC2)c([N+](=O)[O-])c1. The Kier molecular flexibility index (Phi) is 4.45. The van der Waals surface area contributed by atoms with Gasteiger partial charge in [-0.1, -0.05) is 0 Å². The number of nitrogens with one attached hydrogen (secondary N) is 1. The fourth-order valence-corrected chi connectivity index (χ4v) is 3.76. The van der Waals surface area contributed by atoms with Crippen LogP contribution >= 0.6 is 0 Å². The van der Waals surface area contributed by atoms with Crippen molar-refractivity contribution in [3.63, 3.8) is 0 Å². The summed E-state index contributed by atoms with van der Waals surface area (Å²) in [4.78, 5) is 12.3. The van der Waals surface area contributed by atoms with Crippen molar-refractivity contribution in [3.8, 4) is 0 Å². The predicted octanol–water partition coefficient (Wildman–Crippen LogP) is 0.573. The zero-order valence-corrected chi connectivity index (χ0v) is 12.8. The molecule has 0 saturated carbocycles. The van der Waals surface area contributed by atoms with Crippen LogP contribution in [0.3, 0.4) is 0 Å². The molecule has 0 atom stereocenters. The van der Waals surface area contributed by atoms with E-state index >= 15 is 0 Å². The summed E-state index contributed by atoms with van der Waals surface area (Å²) in [6.07, 6.45) is 0. The van der Waals surface area contributed by atoms with E-state index in [1.165, 1.54) is 22.5 Å². The molecular formula is C12H18N4O4S. The van der Waals surface area contributed by atoms with Crippen LogP contribution in [0.4, 0.5) is 11.4 Å². The fourth-order valence-electron chi connectivity index (χ4n) is 2.20. The number of anilines is 1. The molecule has 8 nitrogen and oxygen atoms in total. The van der Waals surface area contributed by atoms with E-state index in [0.29, 0.717) is 31.9 Å². The second-order valence-corrected chi connectivity index (χ2v) is 6.80. The van der Waals surface area contributed by atoms with Crippen molar-refractivity contribution < 1.29 is 13.3 Å². The number of nitro benzene ring substituents is 1. The first-order chi connectivity index (χ1) is 9.86. The number of nitro groups is 1. The van der Waals surface area contributed by atoms with Gasteiger partial charge >= 0.3 is 0 Å².